The molecule has 0 radical (unpaired) electrons. The van der Waals surface area contributed by atoms with Crippen LogP contribution < -0.4 is 5.32 Å². The molecular weight excluding hydrogens is 88.1 g/mol. The van der Waals surface area contributed by atoms with Crippen molar-refractivity contribution in [1.29, 1.82) is 5.26 Å². The summed E-state index contributed by atoms with van der Waals surface area (Å²) in [6.07, 6.45) is 1.59. The van der Waals surface area contributed by atoms with Crippen molar-refractivity contribution in [2.75, 3.05) is 13.1 Å². The van der Waals surface area contributed by atoms with Crippen molar-refractivity contribution < 1.29 is 0 Å². The Balaban J connectivity index is 2.41. The summed E-state index contributed by atoms with van der Waals surface area (Å²) in [7, 11) is 0. The SMILES string of the molecule is N#CC=C1CNC1. The van der Waals surface area contributed by atoms with Gasteiger partial charge in [-0.05, 0) is 5.57 Å². The van der Waals surface area contributed by atoms with Crippen molar-refractivity contribution in [1.82, 2.24) is 5.32 Å². The fourth-order valence-corrected chi connectivity index (χ4v) is 0.463. The monoisotopic (exact) mass is 94.1 g/mol. The molecular formula is C5H6N2. The molecule has 0 aromatic rings. The first kappa shape index (κ1) is 4.35. The third kappa shape index (κ3) is 0.787. The number of hydrogen-bond donors (Lipinski definition) is 1. The van der Waals surface area contributed by atoms with E-state index in [1.807, 2.05) is 6.07 Å². The molecule has 0 saturated carbocycles. The highest BCUT2D eigenvalue weighted by Gasteiger charge is 2.04. The third-order valence-corrected chi connectivity index (χ3v) is 0.973. The van der Waals surface area contributed by atoms with Gasteiger partial charge in [-0.3, -0.25) is 0 Å². The second kappa shape index (κ2) is 1.76. The first-order chi connectivity index (χ1) is 3.43. The van der Waals surface area contributed by atoms with Crippen LogP contribution in [0.1, 0.15) is 0 Å². The first-order valence-electron chi connectivity index (χ1n) is 2.22. The lowest BCUT2D eigenvalue weighted by Crippen LogP contribution is -2.33. The molecule has 1 saturated heterocycles. The minimum absolute atomic E-state index is 0.910. The maximum absolute atomic E-state index is 8.05. The van der Waals surface area contributed by atoms with Crippen LogP contribution in [0.15, 0.2) is 11.6 Å². The van der Waals surface area contributed by atoms with Crippen molar-refractivity contribution in [2.24, 2.45) is 0 Å². The normalized spacial score (nSPS) is 17.3. The average Bonchev–Trinajstić information content (AvgIpc) is 1.55. The molecule has 0 aromatic carbocycles. The number of nitriles is 1. The maximum Gasteiger partial charge on any atom is 0.0912 e. The number of nitrogens with zero attached hydrogens (tertiary/aromatic N) is 1. The van der Waals surface area contributed by atoms with Crippen LogP contribution in [0.4, 0.5) is 0 Å². The summed E-state index contributed by atoms with van der Waals surface area (Å²) in [5, 5.41) is 11.1. The minimum Gasteiger partial charge on any atom is -0.309 e. The van der Waals surface area contributed by atoms with Gasteiger partial charge < -0.3 is 5.32 Å². The van der Waals surface area contributed by atoms with Crippen molar-refractivity contribution in [3.63, 3.8) is 0 Å². The number of hydrogen-bond acceptors (Lipinski definition) is 2. The number of allylic oxidation sites excluding steroid dienone is 1. The lowest BCUT2D eigenvalue weighted by Gasteiger charge is -2.16. The van der Waals surface area contributed by atoms with Crippen LogP contribution in [0, 0.1) is 11.3 Å². The summed E-state index contributed by atoms with van der Waals surface area (Å²) < 4.78 is 0. The summed E-state index contributed by atoms with van der Waals surface area (Å²) in [4.78, 5) is 0. The summed E-state index contributed by atoms with van der Waals surface area (Å²) >= 11 is 0. The lowest BCUT2D eigenvalue weighted by molar-refractivity contribution is 0.669. The average molecular weight is 94.1 g/mol. The van der Waals surface area contributed by atoms with E-state index in [1.165, 1.54) is 5.57 Å². The maximum atomic E-state index is 8.05. The zero-order valence-corrected chi connectivity index (χ0v) is 3.94. The Morgan fingerprint density at radius 3 is 2.57 bits per heavy atom. The van der Waals surface area contributed by atoms with Crippen LogP contribution in [0.25, 0.3) is 0 Å². The Kier molecular flexibility index (Phi) is 1.10. The van der Waals surface area contributed by atoms with Gasteiger partial charge in [0.25, 0.3) is 0 Å². The Morgan fingerprint density at radius 1 is 1.71 bits per heavy atom. The van der Waals surface area contributed by atoms with Crippen LogP contribution in [-0.2, 0) is 0 Å². The topological polar surface area (TPSA) is 35.8 Å². The van der Waals surface area contributed by atoms with Crippen molar-refractivity contribution in [3.05, 3.63) is 11.6 Å². The van der Waals surface area contributed by atoms with Gasteiger partial charge in [0.2, 0.25) is 0 Å². The second-order valence-electron chi connectivity index (χ2n) is 1.54. The molecule has 7 heavy (non-hydrogen) atoms. The summed E-state index contributed by atoms with van der Waals surface area (Å²) in [6, 6.07) is 1.97. The molecule has 0 atom stereocenters. The molecule has 1 aliphatic rings. The molecule has 0 bridgehead atoms. The van der Waals surface area contributed by atoms with E-state index in [0.29, 0.717) is 0 Å². The van der Waals surface area contributed by atoms with Crippen molar-refractivity contribution >= 4 is 0 Å². The van der Waals surface area contributed by atoms with E-state index in [4.69, 9.17) is 5.26 Å². The predicted octanol–water partition coefficient (Wildman–Crippen LogP) is 0.0396. The molecule has 0 aromatic heterocycles. The highest BCUT2D eigenvalue weighted by Crippen LogP contribution is 1.97. The van der Waals surface area contributed by atoms with Crippen LogP contribution in [0.2, 0.25) is 0 Å². The zero-order valence-electron chi connectivity index (χ0n) is 3.94. The molecule has 0 unspecified atom stereocenters. The Bertz CT molecular complexity index is 124. The van der Waals surface area contributed by atoms with E-state index < -0.39 is 0 Å². The molecule has 1 heterocycles. The smallest absolute Gasteiger partial charge is 0.0912 e. The number of nitrogens with one attached hydrogen (secondary N) is 1. The molecule has 1 rings (SSSR count). The van der Waals surface area contributed by atoms with Gasteiger partial charge in [0, 0.05) is 19.2 Å². The quantitative estimate of drug-likeness (QED) is 0.430. The van der Waals surface area contributed by atoms with Gasteiger partial charge in [0.1, 0.15) is 0 Å². The first-order valence-corrected chi connectivity index (χ1v) is 2.22. The van der Waals surface area contributed by atoms with Gasteiger partial charge in [-0.2, -0.15) is 5.26 Å². The van der Waals surface area contributed by atoms with E-state index in [1.54, 1.807) is 6.08 Å². The Morgan fingerprint density at radius 2 is 2.43 bits per heavy atom. The van der Waals surface area contributed by atoms with Gasteiger partial charge in [-0.1, -0.05) is 0 Å². The predicted molar refractivity (Wildman–Crippen MR) is 26.6 cm³/mol. The summed E-state index contributed by atoms with van der Waals surface area (Å²) in [6.45, 7) is 1.82. The standard InChI is InChI=1S/C5H6N2/c6-2-1-5-3-7-4-5/h1,7H,3-4H2. The van der Waals surface area contributed by atoms with Crippen LogP contribution in [-0.4, -0.2) is 13.1 Å². The largest absolute Gasteiger partial charge is 0.309 e. The molecule has 0 spiro atoms. The summed E-state index contributed by atoms with van der Waals surface area (Å²) in [5.74, 6) is 0. The van der Waals surface area contributed by atoms with Crippen LogP contribution in [0.3, 0.4) is 0 Å². The molecule has 36 valence electrons. The number of rotatable bonds is 0. The fourth-order valence-electron chi connectivity index (χ4n) is 0.463. The fraction of sp³-hybridized carbons (Fsp3) is 0.400. The molecule has 1 N–H and O–H groups in total. The molecule has 1 aliphatic heterocycles. The molecule has 2 nitrogen and oxygen atoms in total. The third-order valence-electron chi connectivity index (χ3n) is 0.973. The highest BCUT2D eigenvalue weighted by atomic mass is 14.9. The molecule has 2 heteroatoms. The van der Waals surface area contributed by atoms with Crippen molar-refractivity contribution in [3.8, 4) is 6.07 Å². The Hall–Kier alpha value is -0.810. The molecule has 1 fully saturated rings. The molecule has 0 amide bonds. The second-order valence-corrected chi connectivity index (χ2v) is 1.54. The summed E-state index contributed by atoms with van der Waals surface area (Å²) in [5.41, 5.74) is 1.21. The van der Waals surface area contributed by atoms with Gasteiger partial charge >= 0.3 is 0 Å². The van der Waals surface area contributed by atoms with Gasteiger partial charge in [-0.15, -0.1) is 0 Å². The van der Waals surface area contributed by atoms with Gasteiger partial charge in [0.05, 0.1) is 6.07 Å². The van der Waals surface area contributed by atoms with E-state index in [2.05, 4.69) is 5.32 Å². The molecule has 0 aliphatic carbocycles. The van der Waals surface area contributed by atoms with Gasteiger partial charge in [-0.25, -0.2) is 0 Å². The minimum atomic E-state index is 0.910. The van der Waals surface area contributed by atoms with E-state index in [9.17, 15) is 0 Å². The van der Waals surface area contributed by atoms with Crippen molar-refractivity contribution in [2.45, 2.75) is 0 Å². The van der Waals surface area contributed by atoms with Crippen LogP contribution in [0.5, 0.6) is 0 Å². The Labute approximate surface area is 42.4 Å². The van der Waals surface area contributed by atoms with E-state index >= 15 is 0 Å². The van der Waals surface area contributed by atoms with E-state index in [0.717, 1.165) is 13.1 Å². The highest BCUT2D eigenvalue weighted by molar-refractivity contribution is 5.21. The van der Waals surface area contributed by atoms with Crippen LogP contribution >= 0.6 is 0 Å². The zero-order chi connectivity index (χ0) is 5.11. The van der Waals surface area contributed by atoms with E-state index in [-0.39, 0.29) is 0 Å². The lowest BCUT2D eigenvalue weighted by atomic mass is 10.1. The van der Waals surface area contributed by atoms with Gasteiger partial charge in [0.15, 0.2) is 0 Å².